The van der Waals surface area contributed by atoms with Crippen molar-refractivity contribution in [2.45, 2.75) is 6.54 Å². The molecule has 1 aromatic carbocycles. The lowest BCUT2D eigenvalue weighted by Crippen LogP contribution is -2.26. The van der Waals surface area contributed by atoms with Gasteiger partial charge in [-0.1, -0.05) is 6.07 Å². The van der Waals surface area contributed by atoms with E-state index < -0.39 is 0 Å². The zero-order valence-corrected chi connectivity index (χ0v) is 15.0. The zero-order valence-electron chi connectivity index (χ0n) is 13.4. The molecule has 0 bridgehead atoms. The third-order valence-electron chi connectivity index (χ3n) is 3.75. The summed E-state index contributed by atoms with van der Waals surface area (Å²) >= 11 is 3.27. The second-order valence-electron chi connectivity index (χ2n) is 5.54. The molecule has 25 heavy (non-hydrogen) atoms. The third kappa shape index (κ3) is 3.29. The van der Waals surface area contributed by atoms with Gasteiger partial charge in [0.1, 0.15) is 5.01 Å². The highest BCUT2D eigenvalue weighted by molar-refractivity contribution is 7.20. The number of rotatable bonds is 4. The molecule has 3 aromatic heterocycles. The molecule has 7 heteroatoms. The Morgan fingerprint density at radius 2 is 1.96 bits per heavy atom. The maximum absolute atomic E-state index is 12.7. The fourth-order valence-corrected chi connectivity index (χ4v) is 4.15. The lowest BCUT2D eigenvalue weighted by molar-refractivity contribution is 0.0784. The van der Waals surface area contributed by atoms with E-state index in [1.54, 1.807) is 59.1 Å². The summed E-state index contributed by atoms with van der Waals surface area (Å²) in [5, 5.41) is 5.03. The van der Waals surface area contributed by atoms with Crippen LogP contribution in [0, 0.1) is 0 Å². The van der Waals surface area contributed by atoms with Gasteiger partial charge in [-0.05, 0) is 29.6 Å². The van der Waals surface area contributed by atoms with E-state index in [0.717, 1.165) is 26.6 Å². The summed E-state index contributed by atoms with van der Waals surface area (Å²) in [5.74, 6) is -0.0572. The van der Waals surface area contributed by atoms with Crippen molar-refractivity contribution in [3.8, 4) is 9.88 Å². The SMILES string of the molecule is CN(Cc1csc(-c2cccs2)n1)C(=O)c1ccc2nccnc2c1. The first-order valence-corrected chi connectivity index (χ1v) is 9.41. The van der Waals surface area contributed by atoms with Crippen LogP contribution in [-0.2, 0) is 6.54 Å². The van der Waals surface area contributed by atoms with Crippen LogP contribution in [-0.4, -0.2) is 32.8 Å². The van der Waals surface area contributed by atoms with Gasteiger partial charge in [-0.2, -0.15) is 0 Å². The van der Waals surface area contributed by atoms with Crippen molar-refractivity contribution in [2.24, 2.45) is 0 Å². The van der Waals surface area contributed by atoms with Crippen LogP contribution in [0.2, 0.25) is 0 Å². The monoisotopic (exact) mass is 366 g/mol. The number of benzene rings is 1. The summed E-state index contributed by atoms with van der Waals surface area (Å²) in [6.07, 6.45) is 3.27. The van der Waals surface area contributed by atoms with E-state index in [9.17, 15) is 4.79 Å². The van der Waals surface area contributed by atoms with E-state index in [0.29, 0.717) is 12.1 Å². The molecule has 0 unspecified atom stereocenters. The van der Waals surface area contributed by atoms with E-state index in [1.165, 1.54) is 0 Å². The van der Waals surface area contributed by atoms with Gasteiger partial charge in [-0.15, -0.1) is 22.7 Å². The minimum absolute atomic E-state index is 0.0572. The Bertz CT molecular complexity index is 1030. The van der Waals surface area contributed by atoms with Crippen molar-refractivity contribution in [1.82, 2.24) is 19.9 Å². The molecule has 0 aliphatic rings. The molecule has 5 nitrogen and oxygen atoms in total. The molecule has 4 rings (SSSR count). The molecular weight excluding hydrogens is 352 g/mol. The second-order valence-corrected chi connectivity index (χ2v) is 7.35. The second kappa shape index (κ2) is 6.70. The average molecular weight is 366 g/mol. The van der Waals surface area contributed by atoms with Gasteiger partial charge in [0, 0.05) is 30.4 Å². The number of thiazole rings is 1. The quantitative estimate of drug-likeness (QED) is 0.546. The molecule has 0 saturated heterocycles. The number of amides is 1. The van der Waals surface area contributed by atoms with Crippen molar-refractivity contribution >= 4 is 39.6 Å². The van der Waals surface area contributed by atoms with Gasteiger partial charge in [-0.25, -0.2) is 4.98 Å². The lowest BCUT2D eigenvalue weighted by atomic mass is 10.1. The zero-order chi connectivity index (χ0) is 17.2. The van der Waals surface area contributed by atoms with Gasteiger partial charge < -0.3 is 4.90 Å². The number of carbonyl (C=O) groups excluding carboxylic acids is 1. The standard InChI is InChI=1S/C18H14N4OS2/c1-22(10-13-11-25-17(21-13)16-3-2-8-24-16)18(23)12-4-5-14-15(9-12)20-7-6-19-14/h2-9,11H,10H2,1H3. The minimum atomic E-state index is -0.0572. The molecule has 124 valence electrons. The highest BCUT2D eigenvalue weighted by atomic mass is 32.1. The Kier molecular flexibility index (Phi) is 4.25. The summed E-state index contributed by atoms with van der Waals surface area (Å²) in [6, 6.07) is 9.45. The maximum Gasteiger partial charge on any atom is 0.254 e. The fraction of sp³-hybridized carbons (Fsp3) is 0.111. The highest BCUT2D eigenvalue weighted by Crippen LogP contribution is 2.28. The molecular formula is C18H14N4OS2. The normalized spacial score (nSPS) is 10.9. The van der Waals surface area contributed by atoms with E-state index in [1.807, 2.05) is 22.9 Å². The van der Waals surface area contributed by atoms with Crippen LogP contribution in [0.5, 0.6) is 0 Å². The lowest BCUT2D eigenvalue weighted by Gasteiger charge is -2.16. The topological polar surface area (TPSA) is 59.0 Å². The molecule has 0 fully saturated rings. The van der Waals surface area contributed by atoms with E-state index in [4.69, 9.17) is 0 Å². The van der Waals surface area contributed by atoms with E-state index in [-0.39, 0.29) is 5.91 Å². The summed E-state index contributed by atoms with van der Waals surface area (Å²) in [5.41, 5.74) is 2.99. The van der Waals surface area contributed by atoms with Crippen LogP contribution < -0.4 is 0 Å². The number of hydrogen-bond donors (Lipinski definition) is 0. The molecule has 0 radical (unpaired) electrons. The third-order valence-corrected chi connectivity index (χ3v) is 5.68. The first-order valence-electron chi connectivity index (χ1n) is 7.65. The first-order chi connectivity index (χ1) is 12.2. The maximum atomic E-state index is 12.7. The largest absolute Gasteiger partial charge is 0.336 e. The van der Waals surface area contributed by atoms with Crippen LogP contribution in [0.25, 0.3) is 20.9 Å². The van der Waals surface area contributed by atoms with Crippen LogP contribution in [0.15, 0.2) is 53.5 Å². The minimum Gasteiger partial charge on any atom is -0.336 e. The predicted molar refractivity (Wildman–Crippen MR) is 101 cm³/mol. The van der Waals surface area contributed by atoms with Crippen molar-refractivity contribution in [1.29, 1.82) is 0 Å². The predicted octanol–water partition coefficient (Wildman–Crippen LogP) is 4.09. The molecule has 0 aliphatic carbocycles. The van der Waals surface area contributed by atoms with Crippen LogP contribution in [0.1, 0.15) is 16.1 Å². The first kappa shape index (κ1) is 15.9. The Hall–Kier alpha value is -2.64. The van der Waals surface area contributed by atoms with Crippen molar-refractivity contribution in [2.75, 3.05) is 7.05 Å². The molecule has 4 aromatic rings. The Morgan fingerprint density at radius 1 is 1.12 bits per heavy atom. The van der Waals surface area contributed by atoms with Crippen molar-refractivity contribution in [3.05, 3.63) is 64.7 Å². The van der Waals surface area contributed by atoms with Crippen LogP contribution >= 0.6 is 22.7 Å². The van der Waals surface area contributed by atoms with E-state index >= 15 is 0 Å². The van der Waals surface area contributed by atoms with E-state index in [2.05, 4.69) is 21.0 Å². The molecule has 0 aliphatic heterocycles. The molecule has 0 N–H and O–H groups in total. The van der Waals surface area contributed by atoms with Gasteiger partial charge in [0.2, 0.25) is 0 Å². The number of thiophene rings is 1. The molecule has 1 amide bonds. The molecule has 0 saturated carbocycles. The average Bonchev–Trinajstić information content (AvgIpc) is 3.32. The number of carbonyl (C=O) groups is 1. The number of hydrogen-bond acceptors (Lipinski definition) is 6. The number of nitrogens with zero attached hydrogens (tertiary/aromatic N) is 4. The number of fused-ring (bicyclic) bond motifs is 1. The van der Waals surface area contributed by atoms with Gasteiger partial charge in [0.05, 0.1) is 28.1 Å². The Labute approximate surface area is 152 Å². The Balaban J connectivity index is 1.51. The fourth-order valence-electron chi connectivity index (χ4n) is 2.52. The van der Waals surface area contributed by atoms with Crippen LogP contribution in [0.3, 0.4) is 0 Å². The molecule has 3 heterocycles. The molecule has 0 atom stereocenters. The van der Waals surface area contributed by atoms with Crippen LogP contribution in [0.4, 0.5) is 0 Å². The summed E-state index contributed by atoms with van der Waals surface area (Å²) in [6.45, 7) is 0.471. The van der Waals surface area contributed by atoms with Crippen molar-refractivity contribution < 1.29 is 4.79 Å². The highest BCUT2D eigenvalue weighted by Gasteiger charge is 2.15. The number of aromatic nitrogens is 3. The Morgan fingerprint density at radius 3 is 2.76 bits per heavy atom. The van der Waals surface area contributed by atoms with Gasteiger partial charge >= 0.3 is 0 Å². The molecule has 0 spiro atoms. The summed E-state index contributed by atoms with van der Waals surface area (Å²) in [4.78, 5) is 28.6. The summed E-state index contributed by atoms with van der Waals surface area (Å²) < 4.78 is 0. The van der Waals surface area contributed by atoms with Gasteiger partial charge in [0.15, 0.2) is 0 Å². The van der Waals surface area contributed by atoms with Gasteiger partial charge in [-0.3, -0.25) is 14.8 Å². The van der Waals surface area contributed by atoms with Gasteiger partial charge in [0.25, 0.3) is 5.91 Å². The smallest absolute Gasteiger partial charge is 0.254 e. The van der Waals surface area contributed by atoms with Crippen molar-refractivity contribution in [3.63, 3.8) is 0 Å². The summed E-state index contributed by atoms with van der Waals surface area (Å²) in [7, 11) is 1.79.